The van der Waals surface area contributed by atoms with Gasteiger partial charge in [-0.3, -0.25) is 4.98 Å². The van der Waals surface area contributed by atoms with Crippen LogP contribution in [-0.2, 0) is 0 Å². The molecule has 1 atom stereocenters. The summed E-state index contributed by atoms with van der Waals surface area (Å²) in [5, 5.41) is 4.09. The van der Waals surface area contributed by atoms with Crippen LogP contribution in [0.15, 0.2) is 29.5 Å². The summed E-state index contributed by atoms with van der Waals surface area (Å²) in [5.74, 6) is 0.205. The SMILES string of the molecule is NC(=O)N/N=C1/CCCC[C@@H]1c1ccccn1. The minimum absolute atomic E-state index is 0.205. The van der Waals surface area contributed by atoms with E-state index in [1.54, 1.807) is 6.20 Å². The van der Waals surface area contributed by atoms with Gasteiger partial charge in [-0.25, -0.2) is 10.2 Å². The van der Waals surface area contributed by atoms with Crippen LogP contribution in [0.1, 0.15) is 37.3 Å². The predicted octanol–water partition coefficient (Wildman–Crippen LogP) is 1.76. The van der Waals surface area contributed by atoms with Crippen molar-refractivity contribution in [3.05, 3.63) is 30.1 Å². The maximum Gasteiger partial charge on any atom is 0.332 e. The van der Waals surface area contributed by atoms with Gasteiger partial charge in [-0.15, -0.1) is 0 Å². The van der Waals surface area contributed by atoms with E-state index in [2.05, 4.69) is 15.5 Å². The van der Waals surface area contributed by atoms with E-state index in [0.717, 1.165) is 37.1 Å². The number of hydrogen-bond donors (Lipinski definition) is 2. The van der Waals surface area contributed by atoms with E-state index < -0.39 is 6.03 Å². The second-order valence-electron chi connectivity index (χ2n) is 4.13. The number of urea groups is 1. The third kappa shape index (κ3) is 3.03. The van der Waals surface area contributed by atoms with Crippen LogP contribution in [0.3, 0.4) is 0 Å². The number of pyridine rings is 1. The first-order valence-corrected chi connectivity index (χ1v) is 5.80. The molecular weight excluding hydrogens is 216 g/mol. The number of primary amides is 1. The van der Waals surface area contributed by atoms with Crippen molar-refractivity contribution in [1.29, 1.82) is 0 Å². The average molecular weight is 232 g/mol. The van der Waals surface area contributed by atoms with E-state index in [-0.39, 0.29) is 5.92 Å². The predicted molar refractivity (Wildman–Crippen MR) is 65.6 cm³/mol. The molecule has 2 rings (SSSR count). The van der Waals surface area contributed by atoms with Gasteiger partial charge >= 0.3 is 6.03 Å². The van der Waals surface area contributed by atoms with Gasteiger partial charge in [0.25, 0.3) is 0 Å². The van der Waals surface area contributed by atoms with Crippen molar-refractivity contribution in [2.45, 2.75) is 31.6 Å². The van der Waals surface area contributed by atoms with E-state index in [1.807, 2.05) is 18.2 Å². The van der Waals surface area contributed by atoms with Crippen molar-refractivity contribution >= 4 is 11.7 Å². The van der Waals surface area contributed by atoms with Crippen molar-refractivity contribution in [3.63, 3.8) is 0 Å². The molecule has 1 aliphatic rings. The lowest BCUT2D eigenvalue weighted by molar-refractivity contribution is 0.249. The Bertz CT molecular complexity index is 416. The topological polar surface area (TPSA) is 80.4 Å². The van der Waals surface area contributed by atoms with Gasteiger partial charge in [0.1, 0.15) is 0 Å². The molecule has 1 fully saturated rings. The zero-order valence-electron chi connectivity index (χ0n) is 9.60. The molecule has 0 aromatic carbocycles. The van der Waals surface area contributed by atoms with E-state index in [9.17, 15) is 4.79 Å². The van der Waals surface area contributed by atoms with Gasteiger partial charge in [-0.05, 0) is 31.4 Å². The molecule has 2 amide bonds. The van der Waals surface area contributed by atoms with Crippen LogP contribution in [0.25, 0.3) is 0 Å². The van der Waals surface area contributed by atoms with Crippen molar-refractivity contribution in [2.75, 3.05) is 0 Å². The highest BCUT2D eigenvalue weighted by Gasteiger charge is 2.23. The second-order valence-corrected chi connectivity index (χ2v) is 4.13. The molecule has 1 heterocycles. The fourth-order valence-electron chi connectivity index (χ4n) is 2.16. The average Bonchev–Trinajstić information content (AvgIpc) is 2.38. The van der Waals surface area contributed by atoms with Gasteiger partial charge in [0.2, 0.25) is 0 Å². The lowest BCUT2D eigenvalue weighted by Crippen LogP contribution is -2.28. The van der Waals surface area contributed by atoms with Crippen LogP contribution in [0.4, 0.5) is 4.79 Å². The molecule has 1 aromatic heterocycles. The molecule has 1 aliphatic carbocycles. The normalized spacial score (nSPS) is 22.4. The number of nitrogens with two attached hydrogens (primary N) is 1. The minimum atomic E-state index is -0.622. The standard InChI is InChI=1S/C12H16N4O/c13-12(17)16-15-11-7-2-1-5-9(11)10-6-3-4-8-14-10/h3-4,6,8-9H,1-2,5,7H2,(H3,13,16,17)/b15-11-/t9-/m1/s1. The smallest absolute Gasteiger partial charge is 0.332 e. The van der Waals surface area contributed by atoms with Gasteiger partial charge in [0.15, 0.2) is 0 Å². The largest absolute Gasteiger partial charge is 0.350 e. The highest BCUT2D eigenvalue weighted by Crippen LogP contribution is 2.29. The summed E-state index contributed by atoms with van der Waals surface area (Å²) in [6.07, 6.45) is 5.96. The van der Waals surface area contributed by atoms with Gasteiger partial charge in [0, 0.05) is 23.5 Å². The highest BCUT2D eigenvalue weighted by molar-refractivity contribution is 5.92. The Hall–Kier alpha value is -1.91. The monoisotopic (exact) mass is 232 g/mol. The van der Waals surface area contributed by atoms with E-state index in [1.165, 1.54) is 0 Å². The van der Waals surface area contributed by atoms with E-state index in [4.69, 9.17) is 5.73 Å². The van der Waals surface area contributed by atoms with Crippen LogP contribution in [0, 0.1) is 0 Å². The Labute approximate surface area is 100 Å². The van der Waals surface area contributed by atoms with Crippen molar-refractivity contribution < 1.29 is 4.79 Å². The minimum Gasteiger partial charge on any atom is -0.350 e. The van der Waals surface area contributed by atoms with Crippen LogP contribution < -0.4 is 11.2 Å². The maximum absolute atomic E-state index is 10.7. The number of carbonyl (C=O) groups is 1. The Morgan fingerprint density at radius 1 is 1.47 bits per heavy atom. The van der Waals surface area contributed by atoms with Crippen molar-refractivity contribution in [2.24, 2.45) is 10.8 Å². The first-order valence-electron chi connectivity index (χ1n) is 5.80. The van der Waals surface area contributed by atoms with Crippen LogP contribution in [-0.4, -0.2) is 16.7 Å². The molecule has 5 heteroatoms. The fourth-order valence-corrected chi connectivity index (χ4v) is 2.16. The molecule has 0 unspecified atom stereocenters. The molecule has 0 bridgehead atoms. The van der Waals surface area contributed by atoms with Gasteiger partial charge < -0.3 is 5.73 Å². The number of carbonyl (C=O) groups excluding carboxylic acids is 1. The Kier molecular flexibility index (Phi) is 3.69. The Morgan fingerprint density at radius 2 is 2.35 bits per heavy atom. The number of hydrogen-bond acceptors (Lipinski definition) is 3. The maximum atomic E-state index is 10.7. The number of aromatic nitrogens is 1. The van der Waals surface area contributed by atoms with Gasteiger partial charge in [-0.1, -0.05) is 12.5 Å². The highest BCUT2D eigenvalue weighted by atomic mass is 16.2. The van der Waals surface area contributed by atoms with Gasteiger partial charge in [-0.2, -0.15) is 5.10 Å². The summed E-state index contributed by atoms with van der Waals surface area (Å²) in [6, 6.07) is 5.24. The molecule has 17 heavy (non-hydrogen) atoms. The molecule has 0 aliphatic heterocycles. The van der Waals surface area contributed by atoms with Gasteiger partial charge in [0.05, 0.1) is 0 Å². The molecular formula is C12H16N4O. The third-order valence-electron chi connectivity index (χ3n) is 2.93. The lowest BCUT2D eigenvalue weighted by atomic mass is 9.85. The number of amides is 2. The van der Waals surface area contributed by atoms with Crippen LogP contribution >= 0.6 is 0 Å². The second kappa shape index (κ2) is 5.43. The summed E-state index contributed by atoms with van der Waals surface area (Å²) in [7, 11) is 0. The number of hydrazone groups is 1. The fraction of sp³-hybridized carbons (Fsp3) is 0.417. The quantitative estimate of drug-likeness (QED) is 0.762. The zero-order valence-corrected chi connectivity index (χ0v) is 9.60. The molecule has 3 N–H and O–H groups in total. The molecule has 1 saturated carbocycles. The number of rotatable bonds is 2. The van der Waals surface area contributed by atoms with Crippen LogP contribution in [0.2, 0.25) is 0 Å². The first kappa shape index (κ1) is 11.6. The summed E-state index contributed by atoms with van der Waals surface area (Å²) in [6.45, 7) is 0. The zero-order chi connectivity index (χ0) is 12.1. The van der Waals surface area contributed by atoms with Crippen LogP contribution in [0.5, 0.6) is 0 Å². The lowest BCUT2D eigenvalue weighted by Gasteiger charge is -2.23. The Balaban J connectivity index is 2.18. The van der Waals surface area contributed by atoms with E-state index >= 15 is 0 Å². The number of nitrogens with zero attached hydrogens (tertiary/aromatic N) is 2. The number of nitrogens with one attached hydrogen (secondary N) is 1. The first-order chi connectivity index (χ1) is 8.27. The van der Waals surface area contributed by atoms with E-state index in [0.29, 0.717) is 0 Å². The molecule has 1 aromatic rings. The third-order valence-corrected chi connectivity index (χ3v) is 2.93. The Morgan fingerprint density at radius 3 is 3.06 bits per heavy atom. The molecule has 0 saturated heterocycles. The molecule has 0 spiro atoms. The molecule has 90 valence electrons. The summed E-state index contributed by atoms with van der Waals surface area (Å²) in [5.41, 5.74) is 9.31. The van der Waals surface area contributed by atoms with Crippen molar-refractivity contribution in [1.82, 2.24) is 10.4 Å². The van der Waals surface area contributed by atoms with Crippen molar-refractivity contribution in [3.8, 4) is 0 Å². The molecule has 5 nitrogen and oxygen atoms in total. The summed E-state index contributed by atoms with van der Waals surface area (Å²) < 4.78 is 0. The summed E-state index contributed by atoms with van der Waals surface area (Å²) >= 11 is 0. The summed E-state index contributed by atoms with van der Waals surface area (Å²) in [4.78, 5) is 15.0. The molecule has 0 radical (unpaired) electrons.